The Hall–Kier alpha value is -7.93. The van der Waals surface area contributed by atoms with E-state index in [0.717, 1.165) is 57.1 Å². The maximum Gasteiger partial charge on any atom is 0.260 e. The number of hydrogen-bond donors (Lipinski definition) is 2. The molecule has 1 atom stereocenters. The Bertz CT molecular complexity index is 2980. The van der Waals surface area contributed by atoms with Gasteiger partial charge in [-0.2, -0.15) is 0 Å². The van der Waals surface area contributed by atoms with Crippen molar-refractivity contribution in [3.05, 3.63) is 137 Å². The van der Waals surface area contributed by atoms with Crippen molar-refractivity contribution in [3.8, 4) is 23.0 Å². The van der Waals surface area contributed by atoms with Crippen LogP contribution in [0.5, 0.6) is 23.0 Å². The minimum Gasteiger partial charge on any atom is -0.493 e. The molecule has 18 heteroatoms. The molecule has 5 aromatic carbocycles. The van der Waals surface area contributed by atoms with Crippen LogP contribution in [0.15, 0.2) is 108 Å². The zero-order valence-corrected chi connectivity index (χ0v) is 44.2. The van der Waals surface area contributed by atoms with Crippen LogP contribution in [-0.2, 0) is 61.2 Å². The Kier molecular flexibility index (Phi) is 18.0. The number of carbonyl (C=O) groups is 4. The van der Waals surface area contributed by atoms with Crippen LogP contribution in [-0.4, -0.2) is 135 Å². The van der Waals surface area contributed by atoms with Crippen LogP contribution in [0, 0.1) is 0 Å². The minimum absolute atomic E-state index is 0.0887. The van der Waals surface area contributed by atoms with Gasteiger partial charge in [0, 0.05) is 113 Å². The van der Waals surface area contributed by atoms with Gasteiger partial charge < -0.3 is 58.5 Å². The summed E-state index contributed by atoms with van der Waals surface area (Å²) >= 11 is 0. The molecule has 0 saturated carbocycles. The minimum atomic E-state index is -0.393. The third kappa shape index (κ3) is 13.0. The van der Waals surface area contributed by atoms with Gasteiger partial charge in [-0.05, 0) is 84.0 Å². The maximum absolute atomic E-state index is 14.1. The molecule has 0 bridgehead atoms. The number of nitrogens with zero attached hydrogens (tertiary/aromatic N) is 5. The highest BCUT2D eigenvalue weighted by molar-refractivity contribution is 6.13. The largest absolute Gasteiger partial charge is 0.493 e. The van der Waals surface area contributed by atoms with E-state index in [1.165, 1.54) is 23.4 Å². The molecule has 18 nitrogen and oxygen atoms in total. The van der Waals surface area contributed by atoms with E-state index in [9.17, 15) is 19.2 Å². The first kappa shape index (κ1) is 53.9. The molecular weight excluding hydrogens is 983 g/mol. The predicted molar refractivity (Wildman–Crippen MR) is 295 cm³/mol. The van der Waals surface area contributed by atoms with Crippen LogP contribution in [0.4, 0.5) is 28.4 Å². The van der Waals surface area contributed by atoms with Gasteiger partial charge in [0.1, 0.15) is 13.2 Å². The Morgan fingerprint density at radius 2 is 1.40 bits per heavy atom. The van der Waals surface area contributed by atoms with Crippen molar-refractivity contribution in [2.75, 3.05) is 114 Å². The molecule has 4 amide bonds. The quantitative estimate of drug-likeness (QED) is 0.0403. The number of imide groups is 1. The molecule has 0 aliphatic carbocycles. The molecule has 2 N–H and O–H groups in total. The Balaban J connectivity index is 0.965. The molecule has 77 heavy (non-hydrogen) atoms. The SMILES string of the molecule is CNc1cc(OCc2cc(COc3cc4c(cc3OC)CN3c5ccccc5CC3C=N4)cc(N(CCCC(=O)NCCN3C(=O)C=CC3=O)CCOCCOCCOC)c2)c(OC)cc1C(=O)N1CCc2ccccc21. The van der Waals surface area contributed by atoms with Crippen molar-refractivity contribution < 1.29 is 52.3 Å². The van der Waals surface area contributed by atoms with Crippen molar-refractivity contribution in [1.82, 2.24) is 10.2 Å². The number of carbonyl (C=O) groups excluding carboxylic acids is 4. The fraction of sp³-hybridized carbons (Fsp3) is 0.373. The molecule has 404 valence electrons. The topological polar surface area (TPSA) is 182 Å². The standard InChI is InChI=1S/C59H67N7O11/c1-60-49-35-55(53(73-4)33-47(49)59(70)64-20-17-42-10-5-7-12-50(42)64)77-39-41-28-40(38-76-54-34-48-44(32-52(54)72-3)37-66-46(36-62-48)31-43-11-6-8-13-51(43)66)29-45(30-41)63(22-23-74-26-27-75-25-24-71-2)19-9-14-56(67)61-18-21-65-57(68)15-16-58(65)69/h5-8,10-13,15-16,28-30,32-36,46,60H,9,14,17-27,31,37-39H2,1-4H3,(H,61,67). The molecule has 1 unspecified atom stereocenters. The zero-order valence-electron chi connectivity index (χ0n) is 44.2. The van der Waals surface area contributed by atoms with Crippen molar-refractivity contribution in [2.45, 2.75) is 51.5 Å². The van der Waals surface area contributed by atoms with E-state index in [4.69, 9.17) is 38.2 Å². The van der Waals surface area contributed by atoms with Crippen molar-refractivity contribution in [2.24, 2.45) is 4.99 Å². The molecule has 0 aromatic heterocycles. The van der Waals surface area contributed by atoms with Crippen LogP contribution in [0.25, 0.3) is 0 Å². The number of nitrogens with one attached hydrogen (secondary N) is 2. The van der Waals surface area contributed by atoms with Crippen molar-refractivity contribution in [1.29, 1.82) is 0 Å². The second-order valence-corrected chi connectivity index (χ2v) is 19.0. The summed E-state index contributed by atoms with van der Waals surface area (Å²) in [6.07, 6.45) is 6.83. The van der Waals surface area contributed by atoms with Gasteiger partial charge in [-0.1, -0.05) is 36.4 Å². The van der Waals surface area contributed by atoms with Crippen LogP contribution in [0.2, 0.25) is 0 Å². The van der Waals surface area contributed by atoms with Gasteiger partial charge in [0.15, 0.2) is 23.0 Å². The fourth-order valence-corrected chi connectivity index (χ4v) is 10.1. The van der Waals surface area contributed by atoms with Gasteiger partial charge >= 0.3 is 0 Å². The highest BCUT2D eigenvalue weighted by Gasteiger charge is 2.32. The summed E-state index contributed by atoms with van der Waals surface area (Å²) in [5.74, 6) is 0.853. The monoisotopic (exact) mass is 1050 g/mol. The average molecular weight is 1050 g/mol. The summed E-state index contributed by atoms with van der Waals surface area (Å²) in [6, 6.07) is 30.2. The van der Waals surface area contributed by atoms with Crippen molar-refractivity contribution >= 4 is 58.3 Å². The molecular formula is C59H67N7O11. The van der Waals surface area contributed by atoms with Gasteiger partial charge in [-0.15, -0.1) is 0 Å². The first-order valence-electron chi connectivity index (χ1n) is 26.1. The average Bonchev–Trinajstić information content (AvgIpc) is 4.13. The van der Waals surface area contributed by atoms with Crippen LogP contribution >= 0.6 is 0 Å². The molecule has 0 fully saturated rings. The lowest BCUT2D eigenvalue weighted by Gasteiger charge is -2.26. The Morgan fingerprint density at radius 1 is 0.727 bits per heavy atom. The normalized spacial score (nSPS) is 15.0. The van der Waals surface area contributed by atoms with E-state index in [1.54, 1.807) is 45.4 Å². The van der Waals surface area contributed by atoms with Gasteiger partial charge in [0.05, 0.1) is 70.2 Å². The molecule has 0 saturated heterocycles. The number of amides is 4. The van der Waals surface area contributed by atoms with Gasteiger partial charge in [-0.3, -0.25) is 29.1 Å². The number of fused-ring (bicyclic) bond motifs is 5. The third-order valence-corrected chi connectivity index (χ3v) is 14.0. The molecule has 0 radical (unpaired) electrons. The summed E-state index contributed by atoms with van der Waals surface area (Å²) in [7, 11) is 6.60. The molecule has 4 aliphatic heterocycles. The number of methoxy groups -OCH3 is 3. The number of anilines is 4. The summed E-state index contributed by atoms with van der Waals surface area (Å²) in [4.78, 5) is 63.8. The maximum atomic E-state index is 14.1. The Morgan fingerprint density at radius 3 is 2.13 bits per heavy atom. The lowest BCUT2D eigenvalue weighted by molar-refractivity contribution is -0.137. The van der Waals surface area contributed by atoms with Crippen molar-refractivity contribution in [3.63, 3.8) is 0 Å². The van der Waals surface area contributed by atoms with E-state index in [-0.39, 0.29) is 50.6 Å². The zero-order chi connectivity index (χ0) is 53.7. The molecule has 4 aliphatic rings. The van der Waals surface area contributed by atoms with E-state index < -0.39 is 11.8 Å². The Labute approximate surface area is 449 Å². The fourth-order valence-electron chi connectivity index (χ4n) is 10.1. The first-order chi connectivity index (χ1) is 37.6. The van der Waals surface area contributed by atoms with Crippen LogP contribution in [0.1, 0.15) is 51.0 Å². The highest BCUT2D eigenvalue weighted by atomic mass is 16.5. The number of benzene rings is 5. The van der Waals surface area contributed by atoms with E-state index in [1.807, 2.05) is 48.7 Å². The lowest BCUT2D eigenvalue weighted by Crippen LogP contribution is -2.38. The number of rotatable bonds is 27. The molecule has 0 spiro atoms. The third-order valence-electron chi connectivity index (χ3n) is 14.0. The summed E-state index contributed by atoms with van der Waals surface area (Å²) < 4.78 is 41.9. The number of hydrogen-bond acceptors (Lipinski definition) is 15. The van der Waals surface area contributed by atoms with E-state index in [2.05, 4.69) is 56.8 Å². The van der Waals surface area contributed by atoms with Gasteiger partial charge in [0.25, 0.3) is 17.7 Å². The molecule has 9 rings (SSSR count). The number of para-hydroxylation sites is 2. The smallest absolute Gasteiger partial charge is 0.260 e. The lowest BCUT2D eigenvalue weighted by atomic mass is 10.1. The second kappa shape index (κ2) is 25.7. The summed E-state index contributed by atoms with van der Waals surface area (Å²) in [5.41, 5.74) is 9.96. The first-order valence-corrected chi connectivity index (χ1v) is 26.1. The predicted octanol–water partition coefficient (Wildman–Crippen LogP) is 7.06. The number of ether oxygens (including phenoxy) is 7. The second-order valence-electron chi connectivity index (χ2n) is 19.0. The van der Waals surface area contributed by atoms with E-state index >= 15 is 0 Å². The number of aliphatic imine (C=N–C) groups is 1. The van der Waals surface area contributed by atoms with Crippen LogP contribution < -0.4 is 44.3 Å². The summed E-state index contributed by atoms with van der Waals surface area (Å²) in [6.45, 7) is 4.84. The van der Waals surface area contributed by atoms with E-state index in [0.29, 0.717) is 99.9 Å². The highest BCUT2D eigenvalue weighted by Crippen LogP contribution is 2.42. The van der Waals surface area contributed by atoms with Gasteiger partial charge in [0.2, 0.25) is 5.91 Å². The van der Waals surface area contributed by atoms with Gasteiger partial charge in [-0.25, -0.2) is 0 Å². The van der Waals surface area contributed by atoms with Crippen LogP contribution in [0.3, 0.4) is 0 Å². The molecule has 5 aromatic rings. The molecule has 4 heterocycles. The summed E-state index contributed by atoms with van der Waals surface area (Å²) in [5, 5.41) is 6.06.